The molecule has 1 aliphatic heterocycles. The number of nitrogens with zero attached hydrogens (tertiary/aromatic N) is 1. The zero-order valence-corrected chi connectivity index (χ0v) is 16.0. The highest BCUT2D eigenvalue weighted by molar-refractivity contribution is 7.89. The molecule has 148 valence electrons. The highest BCUT2D eigenvalue weighted by Gasteiger charge is 2.35. The molecule has 27 heavy (non-hydrogen) atoms. The summed E-state index contributed by atoms with van der Waals surface area (Å²) in [7, 11) is -3.98. The van der Waals surface area contributed by atoms with Crippen LogP contribution >= 0.6 is 0 Å². The lowest BCUT2D eigenvalue weighted by molar-refractivity contribution is -0.152. The third-order valence-corrected chi connectivity index (χ3v) is 5.81. The Hall–Kier alpha value is -2.46. The summed E-state index contributed by atoms with van der Waals surface area (Å²) < 4.78 is 27.3. The number of hydrogen-bond acceptors (Lipinski definition) is 5. The molecule has 2 amide bonds. The Balaban J connectivity index is 2.10. The first-order valence-electron chi connectivity index (χ1n) is 8.55. The Bertz CT molecular complexity index is 822. The monoisotopic (exact) mass is 397 g/mol. The maximum atomic E-state index is 12.6. The summed E-state index contributed by atoms with van der Waals surface area (Å²) in [5.74, 6) is -1.94. The highest BCUT2D eigenvalue weighted by atomic mass is 32.2. The summed E-state index contributed by atoms with van der Waals surface area (Å²) in [5, 5.41) is 11.8. The number of sulfonamides is 1. The van der Waals surface area contributed by atoms with Crippen LogP contribution in [0.2, 0.25) is 0 Å². The molecule has 10 heteroatoms. The number of likely N-dealkylation sites (tertiary alicyclic amines) is 1. The number of carbonyl (C=O) groups excluding carboxylic acids is 2. The van der Waals surface area contributed by atoms with Gasteiger partial charge in [-0.05, 0) is 50.5 Å². The molecule has 3 N–H and O–H groups in total. The zero-order valence-electron chi connectivity index (χ0n) is 15.1. The average Bonchev–Trinajstić information content (AvgIpc) is 2.60. The van der Waals surface area contributed by atoms with Crippen LogP contribution in [0.15, 0.2) is 29.2 Å². The van der Waals surface area contributed by atoms with Gasteiger partial charge in [0, 0.05) is 19.2 Å². The van der Waals surface area contributed by atoms with Gasteiger partial charge < -0.3 is 15.3 Å². The van der Waals surface area contributed by atoms with Crippen molar-refractivity contribution in [2.75, 3.05) is 11.9 Å². The lowest BCUT2D eigenvalue weighted by Gasteiger charge is -2.34. The third-order valence-electron chi connectivity index (χ3n) is 4.26. The standard InChI is InChI=1S/C17H23N3O6S/c1-11(16(22)20-10-4-3-5-15(20)17(23)24)19-27(25,26)14-8-6-13(7-9-14)18-12(2)21/h6-9,11,15,19H,3-5,10H2,1-2H3,(H,18,21)(H,23,24). The molecular formula is C17H23N3O6S. The number of rotatable bonds is 6. The van der Waals surface area contributed by atoms with E-state index in [2.05, 4.69) is 10.0 Å². The zero-order chi connectivity index (χ0) is 20.2. The second kappa shape index (κ2) is 8.49. The lowest BCUT2D eigenvalue weighted by atomic mass is 10.0. The minimum atomic E-state index is -3.98. The summed E-state index contributed by atoms with van der Waals surface area (Å²) >= 11 is 0. The Morgan fingerprint density at radius 2 is 1.81 bits per heavy atom. The third kappa shape index (κ3) is 5.27. The molecule has 0 saturated carbocycles. The minimum Gasteiger partial charge on any atom is -0.480 e. The van der Waals surface area contributed by atoms with E-state index in [1.54, 1.807) is 0 Å². The number of carbonyl (C=O) groups is 3. The highest BCUT2D eigenvalue weighted by Crippen LogP contribution is 2.19. The van der Waals surface area contributed by atoms with Crippen LogP contribution in [-0.2, 0) is 24.4 Å². The predicted octanol–water partition coefficient (Wildman–Crippen LogP) is 0.778. The molecule has 0 radical (unpaired) electrons. The topological polar surface area (TPSA) is 133 Å². The number of carboxylic acid groups (broad SMARTS) is 1. The smallest absolute Gasteiger partial charge is 0.326 e. The van der Waals surface area contributed by atoms with Gasteiger partial charge in [-0.25, -0.2) is 13.2 Å². The molecule has 1 aromatic rings. The quantitative estimate of drug-likeness (QED) is 0.650. The Labute approximate surface area is 157 Å². The second-order valence-electron chi connectivity index (χ2n) is 6.43. The van der Waals surface area contributed by atoms with Crippen LogP contribution in [0.25, 0.3) is 0 Å². The predicted molar refractivity (Wildman–Crippen MR) is 97.5 cm³/mol. The van der Waals surface area contributed by atoms with Gasteiger partial charge in [0.2, 0.25) is 21.8 Å². The van der Waals surface area contributed by atoms with Crippen molar-refractivity contribution in [1.29, 1.82) is 0 Å². The van der Waals surface area contributed by atoms with E-state index in [0.717, 1.165) is 0 Å². The van der Waals surface area contributed by atoms with Gasteiger partial charge in [0.15, 0.2) is 0 Å². The van der Waals surface area contributed by atoms with Gasteiger partial charge >= 0.3 is 5.97 Å². The number of aliphatic carboxylic acids is 1. The normalized spacial score (nSPS) is 18.6. The molecule has 1 heterocycles. The molecule has 2 atom stereocenters. The Morgan fingerprint density at radius 3 is 2.37 bits per heavy atom. The van der Waals surface area contributed by atoms with Crippen molar-refractivity contribution < 1.29 is 27.9 Å². The van der Waals surface area contributed by atoms with Gasteiger partial charge in [-0.15, -0.1) is 0 Å². The van der Waals surface area contributed by atoms with Crippen LogP contribution < -0.4 is 10.0 Å². The largest absolute Gasteiger partial charge is 0.480 e. The molecule has 1 fully saturated rings. The summed E-state index contributed by atoms with van der Waals surface area (Å²) in [4.78, 5) is 36.1. The second-order valence-corrected chi connectivity index (χ2v) is 8.14. The van der Waals surface area contributed by atoms with Gasteiger partial charge in [0.05, 0.1) is 10.9 Å². The van der Waals surface area contributed by atoms with Crippen molar-refractivity contribution in [2.45, 2.75) is 50.1 Å². The number of anilines is 1. The first-order chi connectivity index (χ1) is 12.6. The number of benzene rings is 1. The van der Waals surface area contributed by atoms with E-state index in [9.17, 15) is 27.9 Å². The van der Waals surface area contributed by atoms with E-state index in [4.69, 9.17) is 0 Å². The maximum Gasteiger partial charge on any atom is 0.326 e. The van der Waals surface area contributed by atoms with Gasteiger partial charge in [-0.3, -0.25) is 9.59 Å². The van der Waals surface area contributed by atoms with Gasteiger partial charge in [-0.1, -0.05) is 0 Å². The Kier molecular flexibility index (Phi) is 6.55. The van der Waals surface area contributed by atoms with Crippen LogP contribution in [0, 0.1) is 0 Å². The number of hydrogen-bond donors (Lipinski definition) is 3. The van der Waals surface area contributed by atoms with Gasteiger partial charge in [0.25, 0.3) is 0 Å². The summed E-state index contributed by atoms with van der Waals surface area (Å²) in [5.41, 5.74) is 0.447. The fourth-order valence-electron chi connectivity index (χ4n) is 2.97. The molecule has 2 rings (SSSR count). The number of nitrogens with one attached hydrogen (secondary N) is 2. The fraction of sp³-hybridized carbons (Fsp3) is 0.471. The fourth-order valence-corrected chi connectivity index (χ4v) is 4.17. The molecule has 0 aliphatic carbocycles. The van der Waals surface area contributed by atoms with E-state index in [1.165, 1.54) is 43.0 Å². The molecule has 9 nitrogen and oxygen atoms in total. The van der Waals surface area contributed by atoms with E-state index in [0.29, 0.717) is 24.9 Å². The van der Waals surface area contributed by atoms with E-state index in [1.807, 2.05) is 0 Å². The van der Waals surface area contributed by atoms with Crippen molar-refractivity contribution in [3.05, 3.63) is 24.3 Å². The average molecular weight is 397 g/mol. The van der Waals surface area contributed by atoms with Crippen molar-refractivity contribution >= 4 is 33.5 Å². The number of piperidine rings is 1. The molecule has 0 spiro atoms. The van der Waals surface area contributed by atoms with Crippen molar-refractivity contribution in [1.82, 2.24) is 9.62 Å². The number of amides is 2. The van der Waals surface area contributed by atoms with E-state index < -0.39 is 34.0 Å². The molecule has 1 aliphatic rings. The lowest BCUT2D eigenvalue weighted by Crippen LogP contribution is -2.54. The number of carboxylic acids is 1. The molecule has 2 unspecified atom stereocenters. The molecular weight excluding hydrogens is 374 g/mol. The van der Waals surface area contributed by atoms with E-state index in [-0.39, 0.29) is 17.3 Å². The summed E-state index contributed by atoms with van der Waals surface area (Å²) in [6.45, 7) is 3.01. The first-order valence-corrected chi connectivity index (χ1v) is 10.0. The first kappa shape index (κ1) is 20.8. The maximum absolute atomic E-state index is 12.6. The Morgan fingerprint density at radius 1 is 1.19 bits per heavy atom. The minimum absolute atomic E-state index is 0.0651. The summed E-state index contributed by atoms with van der Waals surface area (Å²) in [6, 6.07) is 3.46. The SMILES string of the molecule is CC(=O)Nc1ccc(S(=O)(=O)NC(C)C(=O)N2CCCCC2C(=O)O)cc1. The van der Waals surface area contributed by atoms with Crippen LogP contribution in [0.5, 0.6) is 0 Å². The van der Waals surface area contributed by atoms with Gasteiger partial charge in [-0.2, -0.15) is 4.72 Å². The van der Waals surface area contributed by atoms with Crippen LogP contribution in [-0.4, -0.2) is 54.8 Å². The molecule has 0 aromatic heterocycles. The van der Waals surface area contributed by atoms with Crippen LogP contribution in [0.3, 0.4) is 0 Å². The van der Waals surface area contributed by atoms with Crippen LogP contribution in [0.1, 0.15) is 33.1 Å². The van der Waals surface area contributed by atoms with Crippen molar-refractivity contribution in [2.24, 2.45) is 0 Å². The summed E-state index contributed by atoms with van der Waals surface area (Å²) in [6.07, 6.45) is 1.74. The van der Waals surface area contributed by atoms with Gasteiger partial charge in [0.1, 0.15) is 6.04 Å². The van der Waals surface area contributed by atoms with Crippen molar-refractivity contribution in [3.63, 3.8) is 0 Å². The molecule has 1 saturated heterocycles. The van der Waals surface area contributed by atoms with Crippen molar-refractivity contribution in [3.8, 4) is 0 Å². The van der Waals surface area contributed by atoms with Crippen LogP contribution in [0.4, 0.5) is 5.69 Å². The molecule has 1 aromatic carbocycles. The molecule has 0 bridgehead atoms. The van der Waals surface area contributed by atoms with E-state index >= 15 is 0 Å².